The van der Waals surface area contributed by atoms with Gasteiger partial charge in [-0.2, -0.15) is 0 Å². The Labute approximate surface area is 537 Å². The van der Waals surface area contributed by atoms with Crippen LogP contribution in [0.25, 0.3) is 0 Å². The van der Waals surface area contributed by atoms with Crippen LogP contribution in [0.4, 0.5) is 0 Å². The number of ether oxygens (including phenoxy) is 4. The molecule has 0 aromatic heterocycles. The number of carbonyl (C=O) groups excluding carboxylic acids is 4. The molecule has 88 heavy (non-hydrogen) atoms. The third-order valence-electron chi connectivity index (χ3n) is 16.2. The zero-order valence-corrected chi connectivity index (χ0v) is 59.1. The molecule has 0 aliphatic carbocycles. The van der Waals surface area contributed by atoms with E-state index >= 15 is 0 Å². The summed E-state index contributed by atoms with van der Waals surface area (Å²) >= 11 is 0. The van der Waals surface area contributed by atoms with E-state index in [1.807, 2.05) is 0 Å². The highest BCUT2D eigenvalue weighted by Crippen LogP contribution is 2.45. The molecule has 0 aliphatic rings. The van der Waals surface area contributed by atoms with Crippen molar-refractivity contribution >= 4 is 39.5 Å². The number of aliphatic hydroxyl groups is 1. The van der Waals surface area contributed by atoms with Gasteiger partial charge in [0.1, 0.15) is 19.3 Å². The maximum Gasteiger partial charge on any atom is 0.472 e. The van der Waals surface area contributed by atoms with E-state index in [9.17, 15) is 43.2 Å². The first-order valence-electron chi connectivity index (χ1n) is 35.7. The summed E-state index contributed by atoms with van der Waals surface area (Å²) < 4.78 is 68.2. The first-order valence-corrected chi connectivity index (χ1v) is 38.7. The zero-order chi connectivity index (χ0) is 65.4. The molecule has 0 fully saturated rings. The van der Waals surface area contributed by atoms with Crippen molar-refractivity contribution in [1.82, 2.24) is 0 Å². The van der Waals surface area contributed by atoms with E-state index < -0.39 is 97.5 Å². The Hall–Kier alpha value is -1.94. The molecule has 0 heterocycles. The molecular formula is C69H134O17P2. The van der Waals surface area contributed by atoms with Crippen LogP contribution in [0.5, 0.6) is 0 Å². The van der Waals surface area contributed by atoms with E-state index in [0.29, 0.717) is 37.5 Å². The van der Waals surface area contributed by atoms with Crippen molar-refractivity contribution in [2.24, 2.45) is 23.7 Å². The highest BCUT2D eigenvalue weighted by atomic mass is 31.2. The SMILES string of the molecule is CCC(C)CCCCCCCCC(=O)OC[C@H](COP(=O)(O)OC[C@H](O)COP(=O)(O)OC[C@@H](COC(=O)CCCCCCCCCC(C)C)OC(=O)CCCCCCCCCCCCCCCCCC(C)C)OC(=O)CCCCCCCCCC(C)C. The lowest BCUT2D eigenvalue weighted by molar-refractivity contribution is -0.161. The predicted octanol–water partition coefficient (Wildman–Crippen LogP) is 19.3. The first kappa shape index (κ1) is 86.1. The molecule has 0 radical (unpaired) electrons. The molecule has 0 aromatic carbocycles. The second-order valence-electron chi connectivity index (χ2n) is 26.6. The van der Waals surface area contributed by atoms with E-state index in [0.717, 1.165) is 115 Å². The lowest BCUT2D eigenvalue weighted by Crippen LogP contribution is -2.30. The highest BCUT2D eigenvalue weighted by Gasteiger charge is 2.30. The number of esters is 4. The molecule has 0 spiro atoms. The maximum absolute atomic E-state index is 13.0. The van der Waals surface area contributed by atoms with E-state index in [4.69, 9.17) is 37.0 Å². The van der Waals surface area contributed by atoms with Crippen molar-refractivity contribution in [3.63, 3.8) is 0 Å². The quantitative estimate of drug-likeness (QED) is 0.0222. The van der Waals surface area contributed by atoms with Crippen LogP contribution in [0.3, 0.4) is 0 Å². The Kier molecular flexibility index (Phi) is 57.6. The van der Waals surface area contributed by atoms with Crippen molar-refractivity contribution in [3.8, 4) is 0 Å². The molecule has 522 valence electrons. The Morgan fingerprint density at radius 1 is 0.318 bits per heavy atom. The second-order valence-corrected chi connectivity index (χ2v) is 29.5. The van der Waals surface area contributed by atoms with Crippen LogP contribution in [-0.4, -0.2) is 96.7 Å². The molecule has 3 N–H and O–H groups in total. The summed E-state index contributed by atoms with van der Waals surface area (Å²) in [6, 6.07) is 0. The Morgan fingerprint density at radius 3 is 0.807 bits per heavy atom. The van der Waals surface area contributed by atoms with Gasteiger partial charge in [-0.15, -0.1) is 0 Å². The van der Waals surface area contributed by atoms with Crippen molar-refractivity contribution in [3.05, 3.63) is 0 Å². The molecule has 6 atom stereocenters. The number of phosphoric ester groups is 2. The average Bonchev–Trinajstić information content (AvgIpc) is 3.57. The van der Waals surface area contributed by atoms with Gasteiger partial charge in [0, 0.05) is 25.7 Å². The van der Waals surface area contributed by atoms with E-state index in [2.05, 4.69) is 55.4 Å². The maximum atomic E-state index is 13.0. The number of carbonyl (C=O) groups is 4. The Bertz CT molecular complexity index is 1750. The topological polar surface area (TPSA) is 237 Å². The molecule has 0 rings (SSSR count). The fraction of sp³-hybridized carbons (Fsp3) is 0.942. The van der Waals surface area contributed by atoms with Gasteiger partial charge < -0.3 is 33.8 Å². The predicted molar refractivity (Wildman–Crippen MR) is 354 cm³/mol. The summed E-state index contributed by atoms with van der Waals surface area (Å²) in [4.78, 5) is 72.4. The van der Waals surface area contributed by atoms with Crippen LogP contribution in [0.1, 0.15) is 338 Å². The number of phosphoric acid groups is 2. The Morgan fingerprint density at radius 2 is 0.545 bits per heavy atom. The molecule has 0 amide bonds. The summed E-state index contributed by atoms with van der Waals surface area (Å²) in [5, 5.41) is 10.6. The minimum absolute atomic E-state index is 0.102. The van der Waals surface area contributed by atoms with Gasteiger partial charge in [-0.1, -0.05) is 287 Å². The van der Waals surface area contributed by atoms with Gasteiger partial charge >= 0.3 is 39.5 Å². The summed E-state index contributed by atoms with van der Waals surface area (Å²) in [5.41, 5.74) is 0. The average molecular weight is 1300 g/mol. The Balaban J connectivity index is 5.21. The molecule has 19 heteroatoms. The van der Waals surface area contributed by atoms with Gasteiger partial charge in [0.15, 0.2) is 12.2 Å². The van der Waals surface area contributed by atoms with Crippen LogP contribution in [-0.2, 0) is 65.4 Å². The van der Waals surface area contributed by atoms with Crippen molar-refractivity contribution in [2.45, 2.75) is 356 Å². The fourth-order valence-electron chi connectivity index (χ4n) is 10.3. The van der Waals surface area contributed by atoms with Crippen LogP contribution >= 0.6 is 15.6 Å². The largest absolute Gasteiger partial charge is 0.472 e. The van der Waals surface area contributed by atoms with Crippen LogP contribution < -0.4 is 0 Å². The number of hydrogen-bond donors (Lipinski definition) is 3. The normalized spacial score (nSPS) is 14.6. The number of unbranched alkanes of at least 4 members (excludes halogenated alkanes) is 31. The molecule has 0 saturated heterocycles. The van der Waals surface area contributed by atoms with Crippen molar-refractivity contribution < 1.29 is 80.2 Å². The third kappa shape index (κ3) is 61.6. The molecule has 0 bridgehead atoms. The zero-order valence-electron chi connectivity index (χ0n) is 57.3. The van der Waals surface area contributed by atoms with Gasteiger partial charge in [-0.25, -0.2) is 9.13 Å². The van der Waals surface area contributed by atoms with Crippen LogP contribution in [0, 0.1) is 23.7 Å². The molecular weight excluding hydrogens is 1160 g/mol. The monoisotopic (exact) mass is 1300 g/mol. The lowest BCUT2D eigenvalue weighted by atomic mass is 10.00. The lowest BCUT2D eigenvalue weighted by Gasteiger charge is -2.21. The highest BCUT2D eigenvalue weighted by molar-refractivity contribution is 7.47. The molecule has 0 saturated carbocycles. The van der Waals surface area contributed by atoms with Gasteiger partial charge in [0.2, 0.25) is 0 Å². The van der Waals surface area contributed by atoms with E-state index in [-0.39, 0.29) is 25.7 Å². The van der Waals surface area contributed by atoms with Crippen molar-refractivity contribution in [1.29, 1.82) is 0 Å². The van der Waals surface area contributed by atoms with Gasteiger partial charge in [-0.05, 0) is 49.4 Å². The molecule has 3 unspecified atom stereocenters. The standard InChI is InChI=1S/C69H134O17P2/c1-9-62(8)48-40-32-27-28-34-42-50-67(72)80-56-65(86-69(74)52-44-36-26-20-23-31-39-47-61(6)7)58-84-88(77,78)82-54-63(70)53-81-87(75,76)83-57-64(55-79-66(71)49-41-33-25-19-22-30-38-46-60(4)5)85-68(73)51-43-35-24-18-16-14-12-10-11-13-15-17-21-29-37-45-59(2)3/h59-65,70H,9-58H2,1-8H3,(H,75,76)(H,77,78)/t62?,63-,64-,65-/m1/s1. The fourth-order valence-corrected chi connectivity index (χ4v) is 11.9. The third-order valence-corrected chi connectivity index (χ3v) is 18.1. The van der Waals surface area contributed by atoms with Crippen LogP contribution in [0.15, 0.2) is 0 Å². The van der Waals surface area contributed by atoms with Crippen molar-refractivity contribution in [2.75, 3.05) is 39.6 Å². The van der Waals surface area contributed by atoms with Gasteiger partial charge in [0.25, 0.3) is 0 Å². The van der Waals surface area contributed by atoms with Crippen LogP contribution in [0.2, 0.25) is 0 Å². The summed E-state index contributed by atoms with van der Waals surface area (Å²) in [6.45, 7) is 14.0. The van der Waals surface area contributed by atoms with E-state index in [1.54, 1.807) is 0 Å². The van der Waals surface area contributed by atoms with Gasteiger partial charge in [0.05, 0.1) is 26.4 Å². The number of rotatable bonds is 66. The minimum atomic E-state index is -4.95. The van der Waals surface area contributed by atoms with Gasteiger partial charge in [-0.3, -0.25) is 37.3 Å². The second kappa shape index (κ2) is 58.8. The number of hydrogen-bond acceptors (Lipinski definition) is 15. The molecule has 0 aromatic rings. The molecule has 17 nitrogen and oxygen atoms in total. The molecule has 0 aliphatic heterocycles. The first-order chi connectivity index (χ1) is 42.1. The van der Waals surface area contributed by atoms with E-state index in [1.165, 1.54) is 128 Å². The summed E-state index contributed by atoms with van der Waals surface area (Å²) in [6.07, 6.45) is 40.6. The summed E-state index contributed by atoms with van der Waals surface area (Å²) in [5.74, 6) is 0.799. The number of aliphatic hydroxyl groups excluding tert-OH is 1. The summed E-state index contributed by atoms with van der Waals surface area (Å²) in [7, 11) is -9.90. The minimum Gasteiger partial charge on any atom is -0.462 e. The smallest absolute Gasteiger partial charge is 0.462 e.